The zero-order chi connectivity index (χ0) is 21.8. The van der Waals surface area contributed by atoms with Crippen LogP contribution in [0.3, 0.4) is 0 Å². The van der Waals surface area contributed by atoms with Gasteiger partial charge < -0.3 is 25.1 Å². The Morgan fingerprint density at radius 1 is 1.13 bits per heavy atom. The van der Waals surface area contributed by atoms with E-state index in [4.69, 9.17) is 9.57 Å². The van der Waals surface area contributed by atoms with Gasteiger partial charge in [-0.3, -0.25) is 4.79 Å². The lowest BCUT2D eigenvalue weighted by molar-refractivity contribution is -0.110. The first-order valence-electron chi connectivity index (χ1n) is 10.3. The van der Waals surface area contributed by atoms with E-state index in [0.29, 0.717) is 36.7 Å². The molecule has 3 amide bonds. The highest BCUT2D eigenvalue weighted by molar-refractivity contribution is 6.43. The first-order valence-corrected chi connectivity index (χ1v) is 10.3. The number of ether oxygens (including phenoxy) is 1. The van der Waals surface area contributed by atoms with Gasteiger partial charge in [0.1, 0.15) is 11.5 Å². The van der Waals surface area contributed by atoms with Crippen molar-refractivity contribution >= 4 is 29.0 Å². The molecule has 0 radical (unpaired) electrons. The normalized spacial score (nSPS) is 20.1. The van der Waals surface area contributed by atoms with Crippen LogP contribution in [0, 0.1) is 6.92 Å². The van der Waals surface area contributed by atoms with Gasteiger partial charge in [0.05, 0.1) is 13.7 Å². The Hall–Kier alpha value is -3.55. The number of carbonyl (C=O) groups excluding carboxylic acids is 2. The SMILES string of the molecule is COc1ccc(NC(=O)C2=NOC3(CCCN(C(=O)Nc4cccc(C)c4)C3)C2)cc1. The highest BCUT2D eigenvalue weighted by Crippen LogP contribution is 2.34. The first kappa shape index (κ1) is 20.7. The van der Waals surface area contributed by atoms with Gasteiger partial charge >= 0.3 is 6.03 Å². The van der Waals surface area contributed by atoms with Crippen LogP contribution in [0.1, 0.15) is 24.8 Å². The highest BCUT2D eigenvalue weighted by atomic mass is 16.7. The Kier molecular flexibility index (Phi) is 5.79. The fourth-order valence-corrected chi connectivity index (χ4v) is 3.94. The summed E-state index contributed by atoms with van der Waals surface area (Å²) in [6.07, 6.45) is 1.89. The largest absolute Gasteiger partial charge is 0.497 e. The number of methoxy groups -OCH3 is 1. The van der Waals surface area contributed by atoms with Crippen LogP contribution in [0.4, 0.5) is 16.2 Å². The summed E-state index contributed by atoms with van der Waals surface area (Å²) < 4.78 is 5.13. The average molecular weight is 422 g/mol. The zero-order valence-electron chi connectivity index (χ0n) is 17.7. The van der Waals surface area contributed by atoms with Crippen LogP contribution in [0.2, 0.25) is 0 Å². The summed E-state index contributed by atoms with van der Waals surface area (Å²) in [5.74, 6) is 0.410. The molecule has 2 aliphatic heterocycles. The Bertz CT molecular complexity index is 1000. The second-order valence-corrected chi connectivity index (χ2v) is 8.00. The Morgan fingerprint density at radius 3 is 2.68 bits per heavy atom. The smallest absolute Gasteiger partial charge is 0.321 e. The number of carbonyl (C=O) groups is 2. The summed E-state index contributed by atoms with van der Waals surface area (Å²) >= 11 is 0. The molecule has 0 aliphatic carbocycles. The number of aryl methyl sites for hydroxylation is 1. The molecular weight excluding hydrogens is 396 g/mol. The number of oxime groups is 1. The molecule has 1 atom stereocenters. The number of likely N-dealkylation sites (tertiary alicyclic amines) is 1. The molecule has 0 saturated carbocycles. The molecule has 2 aliphatic rings. The Labute approximate surface area is 181 Å². The summed E-state index contributed by atoms with van der Waals surface area (Å²) in [4.78, 5) is 32.9. The number of rotatable bonds is 4. The van der Waals surface area contributed by atoms with Crippen LogP contribution < -0.4 is 15.4 Å². The molecule has 2 aromatic rings. The quantitative estimate of drug-likeness (QED) is 0.784. The molecule has 0 bridgehead atoms. The fourth-order valence-electron chi connectivity index (χ4n) is 3.94. The van der Waals surface area contributed by atoms with E-state index in [1.807, 2.05) is 31.2 Å². The van der Waals surface area contributed by atoms with Crippen LogP contribution in [-0.4, -0.2) is 48.4 Å². The molecule has 4 rings (SSSR count). The number of anilines is 2. The molecule has 2 heterocycles. The second kappa shape index (κ2) is 8.67. The van der Waals surface area contributed by atoms with Gasteiger partial charge in [-0.2, -0.15) is 0 Å². The summed E-state index contributed by atoms with van der Waals surface area (Å²) in [7, 11) is 1.59. The molecule has 1 saturated heterocycles. The van der Waals surface area contributed by atoms with E-state index in [0.717, 1.165) is 24.1 Å². The summed E-state index contributed by atoms with van der Waals surface area (Å²) in [6, 6.07) is 14.6. The van der Waals surface area contributed by atoms with Gasteiger partial charge in [-0.1, -0.05) is 17.3 Å². The van der Waals surface area contributed by atoms with Crippen molar-refractivity contribution in [2.45, 2.75) is 31.8 Å². The number of hydrogen-bond acceptors (Lipinski definition) is 5. The lowest BCUT2D eigenvalue weighted by Gasteiger charge is -2.38. The minimum atomic E-state index is -0.658. The van der Waals surface area contributed by atoms with Crippen molar-refractivity contribution < 1.29 is 19.2 Å². The van der Waals surface area contributed by atoms with E-state index < -0.39 is 5.60 Å². The van der Waals surface area contributed by atoms with Crippen LogP contribution in [-0.2, 0) is 9.63 Å². The third-order valence-corrected chi connectivity index (χ3v) is 5.55. The van der Waals surface area contributed by atoms with Crippen molar-refractivity contribution in [3.8, 4) is 5.75 Å². The van der Waals surface area contributed by atoms with E-state index in [1.54, 1.807) is 36.3 Å². The number of nitrogens with zero attached hydrogens (tertiary/aromatic N) is 2. The van der Waals surface area contributed by atoms with E-state index in [-0.39, 0.29) is 11.9 Å². The Morgan fingerprint density at radius 2 is 1.94 bits per heavy atom. The summed E-state index contributed by atoms with van der Waals surface area (Å²) in [5.41, 5.74) is 2.16. The number of urea groups is 1. The van der Waals surface area contributed by atoms with E-state index in [1.165, 1.54) is 0 Å². The number of nitrogens with one attached hydrogen (secondary N) is 2. The molecule has 2 N–H and O–H groups in total. The molecule has 8 heteroatoms. The van der Waals surface area contributed by atoms with Crippen molar-refractivity contribution in [2.24, 2.45) is 5.16 Å². The van der Waals surface area contributed by atoms with Crippen LogP contribution in [0.25, 0.3) is 0 Å². The number of hydrogen-bond donors (Lipinski definition) is 2. The second-order valence-electron chi connectivity index (χ2n) is 8.00. The van der Waals surface area contributed by atoms with Crippen LogP contribution >= 0.6 is 0 Å². The molecule has 0 aromatic heterocycles. The number of benzene rings is 2. The maximum atomic E-state index is 12.8. The van der Waals surface area contributed by atoms with Gasteiger partial charge in [-0.15, -0.1) is 0 Å². The molecule has 8 nitrogen and oxygen atoms in total. The monoisotopic (exact) mass is 422 g/mol. The predicted octanol–water partition coefficient (Wildman–Crippen LogP) is 3.79. The van der Waals surface area contributed by atoms with Gasteiger partial charge in [0.2, 0.25) is 0 Å². The maximum Gasteiger partial charge on any atom is 0.321 e. The zero-order valence-corrected chi connectivity index (χ0v) is 17.7. The molecular formula is C23H26N4O4. The molecule has 1 spiro atoms. The molecule has 1 fully saturated rings. The molecule has 31 heavy (non-hydrogen) atoms. The minimum Gasteiger partial charge on any atom is -0.497 e. The molecule has 162 valence electrons. The average Bonchev–Trinajstić information content (AvgIpc) is 3.17. The van der Waals surface area contributed by atoms with Crippen molar-refractivity contribution in [3.05, 3.63) is 54.1 Å². The van der Waals surface area contributed by atoms with Crippen molar-refractivity contribution in [1.29, 1.82) is 0 Å². The molecule has 1 unspecified atom stereocenters. The van der Waals surface area contributed by atoms with Crippen molar-refractivity contribution in [3.63, 3.8) is 0 Å². The predicted molar refractivity (Wildman–Crippen MR) is 118 cm³/mol. The summed E-state index contributed by atoms with van der Waals surface area (Å²) in [5, 5.41) is 9.82. The third kappa shape index (κ3) is 4.79. The highest BCUT2D eigenvalue weighted by Gasteiger charge is 2.45. The maximum absolute atomic E-state index is 12.8. The van der Waals surface area contributed by atoms with Gasteiger partial charge in [0.15, 0.2) is 5.60 Å². The minimum absolute atomic E-state index is 0.176. The van der Waals surface area contributed by atoms with Crippen molar-refractivity contribution in [1.82, 2.24) is 4.90 Å². The van der Waals surface area contributed by atoms with E-state index >= 15 is 0 Å². The topological polar surface area (TPSA) is 92.3 Å². The lowest BCUT2D eigenvalue weighted by atomic mass is 9.88. The first-order chi connectivity index (χ1) is 15.0. The fraction of sp³-hybridized carbons (Fsp3) is 0.348. The lowest BCUT2D eigenvalue weighted by Crippen LogP contribution is -2.52. The van der Waals surface area contributed by atoms with Gasteiger partial charge in [-0.05, 0) is 61.7 Å². The van der Waals surface area contributed by atoms with Crippen LogP contribution in [0.5, 0.6) is 5.75 Å². The Balaban J connectivity index is 1.35. The standard InChI is InChI=1S/C23H26N4O4/c1-16-5-3-6-18(13-16)25-22(29)27-12-4-11-23(15-27)14-20(26-31-23)21(28)24-17-7-9-19(30-2)10-8-17/h3,5-10,13H,4,11-12,14-15H2,1-2H3,(H,24,28)(H,25,29). The van der Waals surface area contributed by atoms with Crippen LogP contribution in [0.15, 0.2) is 53.7 Å². The van der Waals surface area contributed by atoms with Crippen molar-refractivity contribution in [2.75, 3.05) is 30.8 Å². The van der Waals surface area contributed by atoms with Gasteiger partial charge in [-0.25, -0.2) is 4.79 Å². The van der Waals surface area contributed by atoms with E-state index in [9.17, 15) is 9.59 Å². The third-order valence-electron chi connectivity index (χ3n) is 5.55. The van der Waals surface area contributed by atoms with Gasteiger partial charge in [0.25, 0.3) is 5.91 Å². The van der Waals surface area contributed by atoms with Gasteiger partial charge in [0, 0.05) is 24.3 Å². The number of amides is 3. The van der Waals surface area contributed by atoms with E-state index in [2.05, 4.69) is 15.8 Å². The number of piperidine rings is 1. The molecule has 2 aromatic carbocycles. The summed E-state index contributed by atoms with van der Waals surface area (Å²) in [6.45, 7) is 3.00.